The fraction of sp³-hybridized carbons (Fsp3) is 0.364. The molecule has 100 valence electrons. The molecule has 0 aliphatic carbocycles. The average molecular weight is 288 g/mol. The fourth-order valence-corrected chi connectivity index (χ4v) is 2.60. The van der Waals surface area contributed by atoms with Crippen LogP contribution in [-0.4, -0.2) is 45.0 Å². The Balaban J connectivity index is 2.94. The van der Waals surface area contributed by atoms with Crippen LogP contribution in [0.3, 0.4) is 0 Å². The molecule has 0 saturated heterocycles. The van der Waals surface area contributed by atoms with Crippen molar-refractivity contribution in [1.29, 1.82) is 0 Å². The summed E-state index contributed by atoms with van der Waals surface area (Å²) < 4.78 is 30.3. The number of benzene rings is 1. The smallest absolute Gasteiger partial charge is 0.242 e. The van der Waals surface area contributed by atoms with Crippen molar-refractivity contribution >= 4 is 27.2 Å². The minimum Gasteiger partial charge on any atom is -0.389 e. The lowest BCUT2D eigenvalue weighted by Gasteiger charge is -2.16. The Kier molecular flexibility index (Phi) is 5.21. The first-order chi connectivity index (χ1) is 8.39. The van der Waals surface area contributed by atoms with Gasteiger partial charge in [-0.15, -0.1) is 0 Å². The standard InChI is InChI=1S/C11H16N2O3S2/c1-13(7-8-16-2)18(14,15)10-5-3-9(4-6-10)11(12)17/h3-6H,7-8H2,1-2H3,(H2,12,17). The van der Waals surface area contributed by atoms with Gasteiger partial charge in [0, 0.05) is 26.3 Å². The van der Waals surface area contributed by atoms with Gasteiger partial charge in [-0.2, -0.15) is 4.31 Å². The summed E-state index contributed by atoms with van der Waals surface area (Å²) in [6, 6.07) is 6.18. The van der Waals surface area contributed by atoms with E-state index in [-0.39, 0.29) is 9.88 Å². The summed E-state index contributed by atoms with van der Waals surface area (Å²) in [5.74, 6) is 0. The van der Waals surface area contributed by atoms with Gasteiger partial charge in [0.15, 0.2) is 0 Å². The summed E-state index contributed by atoms with van der Waals surface area (Å²) in [7, 11) is -0.449. The lowest BCUT2D eigenvalue weighted by atomic mass is 10.2. The van der Waals surface area contributed by atoms with Crippen LogP contribution in [0.1, 0.15) is 5.56 Å². The Bertz CT molecular complexity index is 512. The minimum atomic E-state index is -3.48. The Hall–Kier alpha value is -1.02. The molecule has 0 atom stereocenters. The van der Waals surface area contributed by atoms with Gasteiger partial charge in [-0.25, -0.2) is 8.42 Å². The predicted octanol–water partition coefficient (Wildman–Crippen LogP) is 0.588. The molecule has 2 N–H and O–H groups in total. The second-order valence-electron chi connectivity index (χ2n) is 3.71. The highest BCUT2D eigenvalue weighted by Gasteiger charge is 2.20. The van der Waals surface area contributed by atoms with Crippen LogP contribution in [0.5, 0.6) is 0 Å². The van der Waals surface area contributed by atoms with Crippen LogP contribution < -0.4 is 5.73 Å². The molecule has 0 bridgehead atoms. The molecule has 0 heterocycles. The Labute approximate surface area is 113 Å². The molecule has 7 heteroatoms. The lowest BCUT2D eigenvalue weighted by Crippen LogP contribution is -2.30. The first kappa shape index (κ1) is 15.0. The molecule has 0 aromatic heterocycles. The zero-order valence-corrected chi connectivity index (χ0v) is 11.9. The van der Waals surface area contributed by atoms with E-state index in [4.69, 9.17) is 22.7 Å². The van der Waals surface area contributed by atoms with E-state index in [9.17, 15) is 8.42 Å². The first-order valence-electron chi connectivity index (χ1n) is 5.24. The number of sulfonamides is 1. The number of hydrogen-bond acceptors (Lipinski definition) is 4. The van der Waals surface area contributed by atoms with Crippen LogP contribution in [0, 0.1) is 0 Å². The van der Waals surface area contributed by atoms with Crippen molar-refractivity contribution in [2.45, 2.75) is 4.90 Å². The summed E-state index contributed by atoms with van der Waals surface area (Å²) in [4.78, 5) is 0.452. The molecule has 0 aliphatic rings. The molecule has 0 amide bonds. The van der Waals surface area contributed by atoms with E-state index >= 15 is 0 Å². The second-order valence-corrected chi connectivity index (χ2v) is 6.19. The monoisotopic (exact) mass is 288 g/mol. The highest BCUT2D eigenvalue weighted by Crippen LogP contribution is 2.15. The highest BCUT2D eigenvalue weighted by atomic mass is 32.2. The lowest BCUT2D eigenvalue weighted by molar-refractivity contribution is 0.185. The van der Waals surface area contributed by atoms with Gasteiger partial charge in [0.1, 0.15) is 4.99 Å². The van der Waals surface area contributed by atoms with Gasteiger partial charge in [-0.3, -0.25) is 0 Å². The first-order valence-corrected chi connectivity index (χ1v) is 7.09. The molecule has 0 aliphatic heterocycles. The molecule has 0 unspecified atom stereocenters. The van der Waals surface area contributed by atoms with Gasteiger partial charge in [-0.1, -0.05) is 24.4 Å². The third-order valence-corrected chi connectivity index (χ3v) is 4.56. The fourth-order valence-electron chi connectivity index (χ4n) is 1.31. The summed E-state index contributed by atoms with van der Waals surface area (Å²) in [5, 5.41) is 0. The number of nitrogens with zero attached hydrogens (tertiary/aromatic N) is 1. The summed E-state index contributed by atoms with van der Waals surface area (Å²) in [6.45, 7) is 0.649. The number of methoxy groups -OCH3 is 1. The molecule has 0 spiro atoms. The van der Waals surface area contributed by atoms with E-state index in [1.165, 1.54) is 30.6 Å². The maximum absolute atomic E-state index is 12.1. The molecule has 1 aromatic carbocycles. The van der Waals surface area contributed by atoms with E-state index in [1.807, 2.05) is 0 Å². The van der Waals surface area contributed by atoms with Gasteiger partial charge < -0.3 is 10.5 Å². The normalized spacial score (nSPS) is 11.7. The molecular formula is C11H16N2O3S2. The van der Waals surface area contributed by atoms with Crippen LogP contribution in [0.4, 0.5) is 0 Å². The quantitative estimate of drug-likeness (QED) is 0.776. The van der Waals surface area contributed by atoms with Crippen LogP contribution >= 0.6 is 12.2 Å². The Morgan fingerprint density at radius 1 is 1.39 bits per heavy atom. The summed E-state index contributed by atoms with van der Waals surface area (Å²) in [6.07, 6.45) is 0. The minimum absolute atomic E-state index is 0.209. The van der Waals surface area contributed by atoms with Gasteiger partial charge in [0.2, 0.25) is 10.0 Å². The summed E-state index contributed by atoms with van der Waals surface area (Å²) >= 11 is 4.81. The average Bonchev–Trinajstić information content (AvgIpc) is 2.35. The van der Waals surface area contributed by atoms with Crippen molar-refractivity contribution in [2.24, 2.45) is 5.73 Å². The van der Waals surface area contributed by atoms with Crippen molar-refractivity contribution < 1.29 is 13.2 Å². The predicted molar refractivity (Wildman–Crippen MR) is 74.0 cm³/mol. The van der Waals surface area contributed by atoms with Gasteiger partial charge in [0.25, 0.3) is 0 Å². The van der Waals surface area contributed by atoms with Crippen molar-refractivity contribution in [3.05, 3.63) is 29.8 Å². The zero-order chi connectivity index (χ0) is 13.8. The third kappa shape index (κ3) is 3.49. The zero-order valence-electron chi connectivity index (χ0n) is 10.3. The third-order valence-electron chi connectivity index (χ3n) is 2.46. The molecule has 1 aromatic rings. The van der Waals surface area contributed by atoms with Crippen molar-refractivity contribution in [3.63, 3.8) is 0 Å². The highest BCUT2D eigenvalue weighted by molar-refractivity contribution is 7.89. The second kappa shape index (κ2) is 6.24. The number of hydrogen-bond donors (Lipinski definition) is 1. The molecule has 0 radical (unpaired) electrons. The Morgan fingerprint density at radius 3 is 2.39 bits per heavy atom. The number of nitrogens with two attached hydrogens (primary N) is 1. The van der Waals surface area contributed by atoms with Crippen LogP contribution in [0.25, 0.3) is 0 Å². The van der Waals surface area contributed by atoms with E-state index in [1.54, 1.807) is 12.1 Å². The van der Waals surface area contributed by atoms with E-state index in [0.29, 0.717) is 18.7 Å². The largest absolute Gasteiger partial charge is 0.389 e. The molecular weight excluding hydrogens is 272 g/mol. The van der Waals surface area contributed by atoms with Crippen LogP contribution in [-0.2, 0) is 14.8 Å². The van der Waals surface area contributed by atoms with Gasteiger partial charge in [0.05, 0.1) is 11.5 Å². The van der Waals surface area contributed by atoms with E-state index < -0.39 is 10.0 Å². The molecule has 0 fully saturated rings. The topological polar surface area (TPSA) is 72.6 Å². The maximum Gasteiger partial charge on any atom is 0.242 e. The van der Waals surface area contributed by atoms with Gasteiger partial charge >= 0.3 is 0 Å². The SMILES string of the molecule is COCCN(C)S(=O)(=O)c1ccc(C(N)=S)cc1. The Morgan fingerprint density at radius 2 is 1.94 bits per heavy atom. The van der Waals surface area contributed by atoms with Crippen molar-refractivity contribution in [2.75, 3.05) is 27.3 Å². The number of ether oxygens (including phenoxy) is 1. The van der Waals surface area contributed by atoms with Crippen LogP contribution in [0.15, 0.2) is 29.2 Å². The number of rotatable bonds is 6. The van der Waals surface area contributed by atoms with E-state index in [0.717, 1.165) is 0 Å². The van der Waals surface area contributed by atoms with Crippen LogP contribution in [0.2, 0.25) is 0 Å². The van der Waals surface area contributed by atoms with Gasteiger partial charge in [-0.05, 0) is 12.1 Å². The van der Waals surface area contributed by atoms with Crippen molar-refractivity contribution in [3.8, 4) is 0 Å². The van der Waals surface area contributed by atoms with Crippen molar-refractivity contribution in [1.82, 2.24) is 4.31 Å². The number of likely N-dealkylation sites (N-methyl/N-ethyl adjacent to an activating group) is 1. The number of thiocarbonyl (C=S) groups is 1. The molecule has 18 heavy (non-hydrogen) atoms. The molecule has 0 saturated carbocycles. The molecule has 5 nitrogen and oxygen atoms in total. The summed E-state index contributed by atoms with van der Waals surface area (Å²) in [5.41, 5.74) is 6.10. The van der Waals surface area contributed by atoms with E-state index in [2.05, 4.69) is 0 Å². The maximum atomic E-state index is 12.1. The molecule has 1 rings (SSSR count).